The quantitative estimate of drug-likeness (QED) is 0.550. The van der Waals surface area contributed by atoms with E-state index < -0.39 is 18.4 Å². The maximum Gasteiger partial charge on any atom is 0.332 e. The van der Waals surface area contributed by atoms with Crippen LogP contribution >= 0.6 is 11.3 Å². The number of hydrogen-bond acceptors (Lipinski definition) is 7. The Labute approximate surface area is 178 Å². The van der Waals surface area contributed by atoms with Gasteiger partial charge in [0.25, 0.3) is 5.56 Å². The van der Waals surface area contributed by atoms with Crippen LogP contribution in [0.4, 0.5) is 4.79 Å². The molecular formula is C19H30N4O6S. The highest BCUT2D eigenvalue weighted by Crippen LogP contribution is 2.30. The Morgan fingerprint density at radius 1 is 1.20 bits per heavy atom. The zero-order valence-electron chi connectivity index (χ0n) is 18.3. The van der Waals surface area contributed by atoms with Crippen LogP contribution < -0.4 is 17.0 Å². The first kappa shape index (κ1) is 24.1. The third kappa shape index (κ3) is 4.43. The summed E-state index contributed by atoms with van der Waals surface area (Å²) in [4.78, 5) is 40.7. The van der Waals surface area contributed by atoms with Gasteiger partial charge in [0.2, 0.25) is 0 Å². The number of ether oxygens (including phenoxy) is 3. The molecule has 168 valence electrons. The van der Waals surface area contributed by atoms with E-state index in [1.807, 2.05) is 6.92 Å². The lowest BCUT2D eigenvalue weighted by Gasteiger charge is -2.31. The Morgan fingerprint density at radius 3 is 2.33 bits per heavy atom. The zero-order valence-corrected chi connectivity index (χ0v) is 19.1. The summed E-state index contributed by atoms with van der Waals surface area (Å²) in [6.45, 7) is 6.41. The number of amides is 2. The van der Waals surface area contributed by atoms with Crippen LogP contribution in [0.2, 0.25) is 0 Å². The van der Waals surface area contributed by atoms with Gasteiger partial charge >= 0.3 is 11.7 Å². The normalized spacial score (nSPS) is 12.6. The summed E-state index contributed by atoms with van der Waals surface area (Å²) in [6.07, 6.45) is -0.663. The van der Waals surface area contributed by atoms with Gasteiger partial charge in [0.05, 0.1) is 31.1 Å². The molecule has 2 aromatic heterocycles. The van der Waals surface area contributed by atoms with E-state index in [1.165, 1.54) is 35.0 Å². The number of nitrogens with zero attached hydrogens (tertiary/aromatic N) is 3. The molecule has 0 saturated carbocycles. The van der Waals surface area contributed by atoms with Crippen LogP contribution in [0.15, 0.2) is 9.59 Å². The maximum absolute atomic E-state index is 13.0. The number of thiophene rings is 1. The first-order valence-corrected chi connectivity index (χ1v) is 10.4. The van der Waals surface area contributed by atoms with E-state index in [0.717, 1.165) is 10.4 Å². The Bertz CT molecular complexity index is 1010. The Balaban J connectivity index is 2.64. The molecule has 2 aromatic rings. The van der Waals surface area contributed by atoms with E-state index in [9.17, 15) is 14.4 Å². The van der Waals surface area contributed by atoms with E-state index >= 15 is 0 Å². The lowest BCUT2D eigenvalue weighted by atomic mass is 10.2. The van der Waals surface area contributed by atoms with Gasteiger partial charge in [0, 0.05) is 32.8 Å². The highest BCUT2D eigenvalue weighted by molar-refractivity contribution is 7.18. The van der Waals surface area contributed by atoms with Crippen molar-refractivity contribution in [3.05, 3.63) is 31.3 Å². The third-order valence-electron chi connectivity index (χ3n) is 5.18. The van der Waals surface area contributed by atoms with Crippen LogP contribution in [0.5, 0.6) is 0 Å². The molecule has 0 saturated heterocycles. The molecule has 0 aliphatic carbocycles. The highest BCUT2D eigenvalue weighted by atomic mass is 32.1. The van der Waals surface area contributed by atoms with Crippen molar-refractivity contribution in [1.29, 1.82) is 0 Å². The van der Waals surface area contributed by atoms with Gasteiger partial charge in [-0.15, -0.1) is 11.3 Å². The maximum atomic E-state index is 13.0. The zero-order chi connectivity index (χ0) is 22.6. The first-order valence-electron chi connectivity index (χ1n) is 9.59. The molecule has 0 fully saturated rings. The smallest absolute Gasteiger partial charge is 0.332 e. The van der Waals surface area contributed by atoms with Gasteiger partial charge in [-0.2, -0.15) is 0 Å². The van der Waals surface area contributed by atoms with Gasteiger partial charge in [-0.3, -0.25) is 13.9 Å². The number of carbonyl (C=O) groups excluding carboxylic acids is 1. The molecule has 11 heteroatoms. The first-order chi connectivity index (χ1) is 14.2. The summed E-state index contributed by atoms with van der Waals surface area (Å²) in [7, 11) is 4.52. The average molecular weight is 443 g/mol. The number of carbonyl (C=O) groups is 1. The molecule has 1 atom stereocenters. The lowest BCUT2D eigenvalue weighted by molar-refractivity contribution is -0.136. The Morgan fingerprint density at radius 2 is 1.83 bits per heavy atom. The van der Waals surface area contributed by atoms with Gasteiger partial charge in [0.1, 0.15) is 4.83 Å². The van der Waals surface area contributed by atoms with E-state index in [-0.39, 0.29) is 24.3 Å². The number of methoxy groups -OCH3 is 3. The van der Waals surface area contributed by atoms with E-state index in [4.69, 9.17) is 19.9 Å². The fourth-order valence-corrected chi connectivity index (χ4v) is 4.78. The van der Waals surface area contributed by atoms with Crippen molar-refractivity contribution in [2.75, 3.05) is 27.9 Å². The van der Waals surface area contributed by atoms with Crippen molar-refractivity contribution in [3.63, 3.8) is 0 Å². The second-order valence-electron chi connectivity index (χ2n) is 6.85. The molecule has 0 radical (unpaired) electrons. The van der Waals surface area contributed by atoms with Crippen molar-refractivity contribution in [2.24, 2.45) is 5.73 Å². The number of hydrogen-bond donors (Lipinski definition) is 1. The molecule has 2 rings (SSSR count). The fraction of sp³-hybridized carbons (Fsp3) is 0.632. The lowest BCUT2D eigenvalue weighted by Crippen LogP contribution is -2.48. The fourth-order valence-electron chi connectivity index (χ4n) is 3.46. The minimum absolute atomic E-state index is 0.162. The standard InChI is InChI=1S/C19H30N4O6S/c1-7-21-15(24)14-11(2)13(30-16(14)22(19(21)26)8-9-27-4)10-23(18(20)25)12(3)17(28-5)29-6/h12,17H,7-10H2,1-6H3,(H2,20,25). The molecule has 0 aromatic carbocycles. The summed E-state index contributed by atoms with van der Waals surface area (Å²) in [5, 5.41) is 0.472. The van der Waals surface area contributed by atoms with Crippen LogP contribution in [0.25, 0.3) is 10.2 Å². The molecule has 1 unspecified atom stereocenters. The molecule has 30 heavy (non-hydrogen) atoms. The SMILES string of the molecule is CCn1c(=O)c2c(C)c(CN(C(N)=O)C(C)C(OC)OC)sc2n(CCOC)c1=O. The molecular weight excluding hydrogens is 412 g/mol. The number of fused-ring (bicyclic) bond motifs is 1. The van der Waals surface area contributed by atoms with Crippen LogP contribution in [-0.2, 0) is 33.8 Å². The summed E-state index contributed by atoms with van der Waals surface area (Å²) in [5.74, 6) is 0. The molecule has 10 nitrogen and oxygen atoms in total. The number of aryl methyl sites for hydroxylation is 1. The predicted molar refractivity (Wildman–Crippen MR) is 115 cm³/mol. The molecule has 0 aliphatic heterocycles. The van der Waals surface area contributed by atoms with Crippen LogP contribution in [-0.4, -0.2) is 60.3 Å². The minimum Gasteiger partial charge on any atom is -0.383 e. The number of nitrogens with two attached hydrogens (primary N) is 1. The topological polar surface area (TPSA) is 118 Å². The number of aromatic nitrogens is 2. The predicted octanol–water partition coefficient (Wildman–Crippen LogP) is 1.09. The summed E-state index contributed by atoms with van der Waals surface area (Å²) in [6, 6.07) is -1.11. The second kappa shape index (κ2) is 10.2. The summed E-state index contributed by atoms with van der Waals surface area (Å²) >= 11 is 1.30. The number of rotatable bonds is 10. The van der Waals surface area contributed by atoms with Crippen molar-refractivity contribution in [3.8, 4) is 0 Å². The van der Waals surface area contributed by atoms with Crippen molar-refractivity contribution in [2.45, 2.75) is 52.7 Å². The van der Waals surface area contributed by atoms with Crippen LogP contribution in [0.1, 0.15) is 24.3 Å². The van der Waals surface area contributed by atoms with Crippen LogP contribution in [0, 0.1) is 6.92 Å². The third-order valence-corrected chi connectivity index (χ3v) is 6.47. The van der Waals surface area contributed by atoms with Gasteiger partial charge in [0.15, 0.2) is 6.29 Å². The van der Waals surface area contributed by atoms with Crippen LogP contribution in [0.3, 0.4) is 0 Å². The van der Waals surface area contributed by atoms with Crippen molar-refractivity contribution in [1.82, 2.24) is 14.0 Å². The van der Waals surface area contributed by atoms with Gasteiger partial charge < -0.3 is 24.8 Å². The minimum atomic E-state index is -0.663. The molecule has 0 spiro atoms. The monoisotopic (exact) mass is 442 g/mol. The van der Waals surface area contributed by atoms with E-state index in [2.05, 4.69) is 0 Å². The van der Waals surface area contributed by atoms with E-state index in [1.54, 1.807) is 25.5 Å². The molecule has 2 heterocycles. The van der Waals surface area contributed by atoms with Gasteiger partial charge in [-0.1, -0.05) is 0 Å². The van der Waals surface area contributed by atoms with Gasteiger partial charge in [-0.05, 0) is 26.3 Å². The second-order valence-corrected chi connectivity index (χ2v) is 7.94. The molecule has 0 bridgehead atoms. The number of urea groups is 1. The molecule has 0 aliphatic rings. The Hall–Kier alpha value is -2.21. The van der Waals surface area contributed by atoms with E-state index in [0.29, 0.717) is 23.4 Å². The Kier molecular flexibility index (Phi) is 8.18. The van der Waals surface area contributed by atoms with Crippen molar-refractivity contribution < 1.29 is 19.0 Å². The van der Waals surface area contributed by atoms with Crippen molar-refractivity contribution >= 4 is 27.6 Å². The van der Waals surface area contributed by atoms with Gasteiger partial charge in [-0.25, -0.2) is 9.59 Å². The highest BCUT2D eigenvalue weighted by Gasteiger charge is 2.28. The largest absolute Gasteiger partial charge is 0.383 e. The molecule has 2 amide bonds. The number of primary amides is 1. The average Bonchev–Trinajstić information content (AvgIpc) is 3.03. The summed E-state index contributed by atoms with van der Waals surface area (Å²) in [5.41, 5.74) is 5.62. The summed E-state index contributed by atoms with van der Waals surface area (Å²) < 4.78 is 18.4. The molecule has 2 N–H and O–H groups in total.